The van der Waals surface area contributed by atoms with Crippen molar-refractivity contribution < 1.29 is 19.4 Å². The summed E-state index contributed by atoms with van der Waals surface area (Å²) in [6.07, 6.45) is 3.04. The first-order valence-corrected chi connectivity index (χ1v) is 9.08. The molecule has 8 heteroatoms. The first-order chi connectivity index (χ1) is 12.9. The van der Waals surface area contributed by atoms with Gasteiger partial charge in [0.1, 0.15) is 5.60 Å². The number of carbonyl (C=O) groups is 2. The minimum atomic E-state index is -0.722. The molecular formula is C19H22N4O4. The van der Waals surface area contributed by atoms with Gasteiger partial charge < -0.3 is 14.7 Å². The van der Waals surface area contributed by atoms with Gasteiger partial charge in [0.2, 0.25) is 0 Å². The van der Waals surface area contributed by atoms with Crippen molar-refractivity contribution in [3.05, 3.63) is 46.8 Å². The van der Waals surface area contributed by atoms with Crippen LogP contribution in [-0.2, 0) is 16.8 Å². The van der Waals surface area contributed by atoms with Crippen LogP contribution < -0.4 is 0 Å². The quantitative estimate of drug-likeness (QED) is 0.815. The fourth-order valence-corrected chi connectivity index (χ4v) is 3.82. The molecule has 1 unspecified atom stereocenters. The molecule has 0 spiro atoms. The van der Waals surface area contributed by atoms with Gasteiger partial charge in [-0.1, -0.05) is 17.3 Å². The minimum absolute atomic E-state index is 0.0273. The van der Waals surface area contributed by atoms with E-state index in [1.54, 1.807) is 21.7 Å². The fraction of sp³-hybridized carbons (Fsp3) is 0.474. The molecule has 1 amide bonds. The van der Waals surface area contributed by atoms with E-state index in [0.717, 1.165) is 17.7 Å². The summed E-state index contributed by atoms with van der Waals surface area (Å²) in [5.41, 5.74) is 1.53. The predicted octanol–water partition coefficient (Wildman–Crippen LogP) is 1.31. The van der Waals surface area contributed by atoms with Gasteiger partial charge in [-0.25, -0.2) is 9.48 Å². The van der Waals surface area contributed by atoms with Gasteiger partial charge >= 0.3 is 5.97 Å². The summed E-state index contributed by atoms with van der Waals surface area (Å²) in [4.78, 5) is 27.2. The summed E-state index contributed by atoms with van der Waals surface area (Å²) in [6.45, 7) is 4.76. The maximum absolute atomic E-state index is 13.1. The number of amides is 1. The van der Waals surface area contributed by atoms with E-state index in [4.69, 9.17) is 9.84 Å². The predicted molar refractivity (Wildman–Crippen MR) is 95.3 cm³/mol. The third-order valence-corrected chi connectivity index (χ3v) is 5.25. The zero-order valence-electron chi connectivity index (χ0n) is 15.4. The van der Waals surface area contributed by atoms with E-state index in [1.165, 1.54) is 0 Å². The van der Waals surface area contributed by atoms with E-state index in [9.17, 15) is 9.59 Å². The largest absolute Gasteiger partial charge is 0.451 e. The van der Waals surface area contributed by atoms with Crippen molar-refractivity contribution in [1.29, 1.82) is 0 Å². The lowest BCUT2D eigenvalue weighted by Crippen LogP contribution is -2.30. The molecule has 4 rings (SSSR count). The number of carbonyl (C=O) groups excluding carboxylic acids is 2. The summed E-state index contributed by atoms with van der Waals surface area (Å²) in [5, 5.41) is 17.2. The van der Waals surface area contributed by atoms with Gasteiger partial charge in [0, 0.05) is 37.9 Å². The number of likely N-dealkylation sites (tertiary alicyclic amines) is 1. The Morgan fingerprint density at radius 3 is 3.00 bits per heavy atom. The van der Waals surface area contributed by atoms with Crippen LogP contribution in [0.3, 0.4) is 0 Å². The van der Waals surface area contributed by atoms with E-state index in [1.807, 2.05) is 26.1 Å². The van der Waals surface area contributed by atoms with Crippen molar-refractivity contribution in [1.82, 2.24) is 19.9 Å². The molecule has 1 saturated heterocycles. The summed E-state index contributed by atoms with van der Waals surface area (Å²) in [6, 6.07) is 5.35. The monoisotopic (exact) mass is 370 g/mol. The molecule has 1 fully saturated rings. The molecular weight excluding hydrogens is 348 g/mol. The molecule has 0 aliphatic carbocycles. The summed E-state index contributed by atoms with van der Waals surface area (Å²) < 4.78 is 7.19. The Labute approximate surface area is 156 Å². The van der Waals surface area contributed by atoms with Crippen LogP contribution in [0.4, 0.5) is 0 Å². The Morgan fingerprint density at radius 2 is 2.22 bits per heavy atom. The first-order valence-electron chi connectivity index (χ1n) is 9.08. The van der Waals surface area contributed by atoms with E-state index in [-0.39, 0.29) is 18.6 Å². The molecule has 27 heavy (non-hydrogen) atoms. The summed E-state index contributed by atoms with van der Waals surface area (Å²) in [7, 11) is 0. The molecule has 1 aromatic heterocycles. The highest BCUT2D eigenvalue weighted by atomic mass is 16.6. The van der Waals surface area contributed by atoms with Crippen molar-refractivity contribution in [3.8, 4) is 0 Å². The summed E-state index contributed by atoms with van der Waals surface area (Å²) in [5.74, 6) is -0.612. The van der Waals surface area contributed by atoms with Crippen LogP contribution in [0.15, 0.2) is 24.4 Å². The SMILES string of the molecule is CC1(C)OC(=O)c2c(C(=O)N3CCC(n4cc(CCO)nn4)C3)cccc21. The lowest BCUT2D eigenvalue weighted by molar-refractivity contribution is 0.00943. The standard InChI is InChI=1S/C19H22N4O4/c1-19(2)15-5-3-4-14(16(15)18(26)27-19)17(25)22-8-6-13(11-22)23-10-12(7-9-24)20-21-23/h3-5,10,13,24H,6-9,11H2,1-2H3. The number of cyclic esters (lactones) is 1. The van der Waals surface area contributed by atoms with Crippen LogP contribution in [0, 0.1) is 0 Å². The van der Waals surface area contributed by atoms with Gasteiger partial charge in [-0.3, -0.25) is 4.79 Å². The van der Waals surface area contributed by atoms with E-state index < -0.39 is 11.6 Å². The van der Waals surface area contributed by atoms with Crippen molar-refractivity contribution in [2.75, 3.05) is 19.7 Å². The lowest BCUT2D eigenvalue weighted by atomic mass is 9.92. The van der Waals surface area contributed by atoms with Crippen molar-refractivity contribution >= 4 is 11.9 Å². The molecule has 0 radical (unpaired) electrons. The molecule has 1 atom stereocenters. The van der Waals surface area contributed by atoms with E-state index >= 15 is 0 Å². The number of rotatable bonds is 4. The molecule has 2 aliphatic rings. The van der Waals surface area contributed by atoms with Gasteiger partial charge in [0.15, 0.2) is 0 Å². The molecule has 142 valence electrons. The second kappa shape index (κ2) is 6.45. The first kappa shape index (κ1) is 17.7. The van der Waals surface area contributed by atoms with E-state index in [2.05, 4.69) is 10.3 Å². The number of esters is 1. The number of ether oxygens (including phenoxy) is 1. The number of benzene rings is 1. The summed E-state index contributed by atoms with van der Waals surface area (Å²) >= 11 is 0. The molecule has 2 aromatic rings. The van der Waals surface area contributed by atoms with Crippen molar-refractivity contribution in [2.24, 2.45) is 0 Å². The zero-order valence-corrected chi connectivity index (χ0v) is 15.4. The number of aliphatic hydroxyl groups is 1. The lowest BCUT2D eigenvalue weighted by Gasteiger charge is -2.19. The average molecular weight is 370 g/mol. The van der Waals surface area contributed by atoms with Crippen LogP contribution in [0.25, 0.3) is 0 Å². The Bertz CT molecular complexity index is 905. The van der Waals surface area contributed by atoms with E-state index in [0.29, 0.717) is 30.6 Å². The molecule has 8 nitrogen and oxygen atoms in total. The van der Waals surface area contributed by atoms with Crippen LogP contribution in [0.2, 0.25) is 0 Å². The topological polar surface area (TPSA) is 97.6 Å². The van der Waals surface area contributed by atoms with Crippen LogP contribution >= 0.6 is 0 Å². The number of hydrogen-bond donors (Lipinski definition) is 1. The van der Waals surface area contributed by atoms with Crippen LogP contribution in [0.1, 0.15) is 58.3 Å². The smallest absolute Gasteiger partial charge is 0.340 e. The molecule has 2 aliphatic heterocycles. The van der Waals surface area contributed by atoms with Crippen molar-refractivity contribution in [3.63, 3.8) is 0 Å². The Balaban J connectivity index is 1.55. The molecule has 1 N–H and O–H groups in total. The van der Waals surface area contributed by atoms with Crippen LogP contribution in [-0.4, -0.2) is 56.6 Å². The second-order valence-electron chi connectivity index (χ2n) is 7.49. The third-order valence-electron chi connectivity index (χ3n) is 5.25. The minimum Gasteiger partial charge on any atom is -0.451 e. The fourth-order valence-electron chi connectivity index (χ4n) is 3.82. The average Bonchev–Trinajstić information content (AvgIpc) is 3.33. The number of nitrogens with zero attached hydrogens (tertiary/aromatic N) is 4. The number of aromatic nitrogens is 3. The van der Waals surface area contributed by atoms with Gasteiger partial charge in [-0.15, -0.1) is 5.10 Å². The van der Waals surface area contributed by atoms with Gasteiger partial charge in [-0.2, -0.15) is 0 Å². The molecule has 0 bridgehead atoms. The van der Waals surface area contributed by atoms with Gasteiger partial charge in [0.25, 0.3) is 5.91 Å². The van der Waals surface area contributed by atoms with Gasteiger partial charge in [0.05, 0.1) is 22.9 Å². The Kier molecular flexibility index (Phi) is 4.22. The molecule has 1 aromatic carbocycles. The second-order valence-corrected chi connectivity index (χ2v) is 7.49. The maximum Gasteiger partial charge on any atom is 0.340 e. The third kappa shape index (κ3) is 2.99. The Hall–Kier alpha value is -2.74. The number of hydrogen-bond acceptors (Lipinski definition) is 6. The number of fused-ring (bicyclic) bond motifs is 1. The normalized spacial score (nSPS) is 20.6. The van der Waals surface area contributed by atoms with Crippen LogP contribution in [0.5, 0.6) is 0 Å². The highest BCUT2D eigenvalue weighted by Crippen LogP contribution is 2.38. The Morgan fingerprint density at radius 1 is 1.41 bits per heavy atom. The maximum atomic E-state index is 13.1. The van der Waals surface area contributed by atoms with Crippen molar-refractivity contribution in [2.45, 2.75) is 38.3 Å². The molecule has 3 heterocycles. The molecule has 0 saturated carbocycles. The van der Waals surface area contributed by atoms with Gasteiger partial charge in [-0.05, 0) is 26.3 Å². The highest BCUT2D eigenvalue weighted by Gasteiger charge is 2.41. The zero-order chi connectivity index (χ0) is 19.2. The number of aliphatic hydroxyl groups excluding tert-OH is 1. The highest BCUT2D eigenvalue weighted by molar-refractivity contribution is 6.08.